The summed E-state index contributed by atoms with van der Waals surface area (Å²) in [6, 6.07) is 8.85. The number of aromatic nitrogens is 5. The number of fused-ring (bicyclic) bond motifs is 1. The van der Waals surface area contributed by atoms with E-state index >= 15 is 0 Å². The van der Waals surface area contributed by atoms with E-state index in [2.05, 4.69) is 36.3 Å². The third kappa shape index (κ3) is 4.33. The molecule has 3 heterocycles. The van der Waals surface area contributed by atoms with Gasteiger partial charge in [0.05, 0.1) is 19.0 Å². The number of hydrogen-bond acceptors (Lipinski definition) is 7. The SMILES string of the molecule is COc1cc(C)ccc1Oc1ccc(NC(=O)Cn2cnc3c(c(Br)nn3C)c2=O)cn1. The van der Waals surface area contributed by atoms with Crippen molar-refractivity contribution < 1.29 is 14.3 Å². The maximum Gasteiger partial charge on any atom is 0.266 e. The van der Waals surface area contributed by atoms with Gasteiger partial charge in [0.25, 0.3) is 5.56 Å². The van der Waals surface area contributed by atoms with E-state index in [1.165, 1.54) is 21.8 Å². The summed E-state index contributed by atoms with van der Waals surface area (Å²) in [5.41, 5.74) is 1.58. The monoisotopic (exact) mass is 498 g/mol. The van der Waals surface area contributed by atoms with Crippen LogP contribution in [0, 0.1) is 6.92 Å². The second kappa shape index (κ2) is 8.79. The van der Waals surface area contributed by atoms with E-state index in [4.69, 9.17) is 9.47 Å². The van der Waals surface area contributed by atoms with Crippen molar-refractivity contribution in [3.05, 3.63) is 63.4 Å². The topological polar surface area (TPSA) is 113 Å². The van der Waals surface area contributed by atoms with Crippen molar-refractivity contribution in [2.45, 2.75) is 13.5 Å². The maximum absolute atomic E-state index is 12.7. The Kier molecular flexibility index (Phi) is 5.91. The lowest BCUT2D eigenvalue weighted by Gasteiger charge is -2.11. The summed E-state index contributed by atoms with van der Waals surface area (Å²) >= 11 is 3.25. The zero-order chi connectivity index (χ0) is 22.8. The van der Waals surface area contributed by atoms with Crippen LogP contribution in [0.15, 0.2) is 52.3 Å². The molecule has 0 aliphatic carbocycles. The molecule has 0 aliphatic rings. The highest BCUT2D eigenvalue weighted by atomic mass is 79.9. The van der Waals surface area contributed by atoms with Crippen LogP contribution in [0.25, 0.3) is 11.0 Å². The van der Waals surface area contributed by atoms with Crippen LogP contribution >= 0.6 is 15.9 Å². The van der Waals surface area contributed by atoms with Gasteiger partial charge >= 0.3 is 0 Å². The molecule has 0 radical (unpaired) electrons. The molecule has 11 heteroatoms. The summed E-state index contributed by atoms with van der Waals surface area (Å²) < 4.78 is 14.2. The Morgan fingerprint density at radius 1 is 1.19 bits per heavy atom. The number of carbonyl (C=O) groups excluding carboxylic acids is 1. The van der Waals surface area contributed by atoms with Crippen LogP contribution in [-0.4, -0.2) is 37.3 Å². The first-order valence-corrected chi connectivity index (χ1v) is 10.3. The number of halogens is 1. The fraction of sp³-hybridized carbons (Fsp3) is 0.190. The molecule has 0 saturated heterocycles. The minimum Gasteiger partial charge on any atom is -0.493 e. The molecule has 0 unspecified atom stereocenters. The van der Waals surface area contributed by atoms with Gasteiger partial charge in [0.2, 0.25) is 11.8 Å². The van der Waals surface area contributed by atoms with Gasteiger partial charge in [0, 0.05) is 13.1 Å². The summed E-state index contributed by atoms with van der Waals surface area (Å²) in [5.74, 6) is 1.08. The van der Waals surface area contributed by atoms with E-state index in [-0.39, 0.29) is 12.1 Å². The summed E-state index contributed by atoms with van der Waals surface area (Å²) in [6.07, 6.45) is 2.79. The molecule has 4 rings (SSSR count). The molecule has 0 atom stereocenters. The van der Waals surface area contributed by atoms with Gasteiger partial charge < -0.3 is 14.8 Å². The average Bonchev–Trinajstić information content (AvgIpc) is 3.06. The first-order chi connectivity index (χ1) is 15.4. The van der Waals surface area contributed by atoms with Gasteiger partial charge in [-0.1, -0.05) is 6.07 Å². The predicted octanol–water partition coefficient (Wildman–Crippen LogP) is 3.04. The van der Waals surface area contributed by atoms with Crippen molar-refractivity contribution in [2.75, 3.05) is 12.4 Å². The molecule has 0 bridgehead atoms. The van der Waals surface area contributed by atoms with E-state index in [0.717, 1.165) is 5.56 Å². The predicted molar refractivity (Wildman–Crippen MR) is 121 cm³/mol. The van der Waals surface area contributed by atoms with Gasteiger partial charge in [-0.15, -0.1) is 0 Å². The maximum atomic E-state index is 12.7. The molecule has 1 aromatic carbocycles. The molecule has 0 aliphatic heterocycles. The average molecular weight is 499 g/mol. The van der Waals surface area contributed by atoms with Gasteiger partial charge in [-0.25, -0.2) is 14.6 Å². The standard InChI is InChI=1S/C21H19BrN6O4/c1-12-4-6-14(15(8-12)31-3)32-17-7-5-13(9-23-17)25-16(29)10-28-11-24-20-18(21(28)30)19(22)26-27(20)2/h4-9,11H,10H2,1-3H3,(H,25,29). The molecule has 3 aromatic heterocycles. The Morgan fingerprint density at radius 2 is 2.00 bits per heavy atom. The third-order valence-corrected chi connectivity index (χ3v) is 5.19. The largest absolute Gasteiger partial charge is 0.493 e. The number of aryl methyl sites for hydroxylation is 2. The molecular formula is C21H19BrN6O4. The van der Waals surface area contributed by atoms with E-state index in [9.17, 15) is 9.59 Å². The molecule has 0 saturated carbocycles. The van der Waals surface area contributed by atoms with Gasteiger partial charge in [-0.05, 0) is 46.6 Å². The summed E-state index contributed by atoms with van der Waals surface area (Å²) in [6.45, 7) is 1.75. The number of ether oxygens (including phenoxy) is 2. The lowest BCUT2D eigenvalue weighted by atomic mass is 10.2. The van der Waals surface area contributed by atoms with Crippen molar-refractivity contribution in [2.24, 2.45) is 7.05 Å². The lowest BCUT2D eigenvalue weighted by Crippen LogP contribution is -2.28. The van der Waals surface area contributed by atoms with E-state index in [1.54, 1.807) is 32.4 Å². The third-order valence-electron chi connectivity index (χ3n) is 4.64. The van der Waals surface area contributed by atoms with Gasteiger partial charge in [-0.3, -0.25) is 14.2 Å². The quantitative estimate of drug-likeness (QED) is 0.434. The highest BCUT2D eigenvalue weighted by Gasteiger charge is 2.15. The molecule has 164 valence electrons. The number of pyridine rings is 1. The number of nitrogens with zero attached hydrogens (tertiary/aromatic N) is 5. The van der Waals surface area contributed by atoms with Crippen molar-refractivity contribution >= 4 is 38.6 Å². The molecule has 32 heavy (non-hydrogen) atoms. The summed E-state index contributed by atoms with van der Waals surface area (Å²) in [4.78, 5) is 33.5. The minimum absolute atomic E-state index is 0.206. The molecule has 4 aromatic rings. The van der Waals surface area contributed by atoms with Crippen LogP contribution in [0.1, 0.15) is 5.56 Å². The Bertz CT molecular complexity index is 1360. The van der Waals surface area contributed by atoms with E-state index in [0.29, 0.717) is 38.7 Å². The van der Waals surface area contributed by atoms with Crippen LogP contribution in [0.5, 0.6) is 17.4 Å². The Hall–Kier alpha value is -3.73. The summed E-state index contributed by atoms with van der Waals surface area (Å²) in [7, 11) is 3.26. The van der Waals surface area contributed by atoms with Gasteiger partial charge in [0.15, 0.2) is 17.1 Å². The highest BCUT2D eigenvalue weighted by Crippen LogP contribution is 2.31. The van der Waals surface area contributed by atoms with Crippen LogP contribution in [0.2, 0.25) is 0 Å². The molecule has 0 spiro atoms. The van der Waals surface area contributed by atoms with E-state index in [1.807, 2.05) is 19.1 Å². The van der Waals surface area contributed by atoms with E-state index < -0.39 is 5.91 Å². The smallest absolute Gasteiger partial charge is 0.266 e. The molecule has 10 nitrogen and oxygen atoms in total. The Labute approximate surface area is 190 Å². The number of hydrogen-bond donors (Lipinski definition) is 1. The fourth-order valence-corrected chi connectivity index (χ4v) is 3.67. The van der Waals surface area contributed by atoms with Crippen LogP contribution in [0.4, 0.5) is 5.69 Å². The number of benzene rings is 1. The highest BCUT2D eigenvalue weighted by molar-refractivity contribution is 9.10. The first-order valence-electron chi connectivity index (χ1n) is 9.51. The number of anilines is 1. The number of methoxy groups -OCH3 is 1. The first kappa shape index (κ1) is 21.5. The number of rotatable bonds is 6. The van der Waals surface area contributed by atoms with Crippen LogP contribution < -0.4 is 20.3 Å². The lowest BCUT2D eigenvalue weighted by molar-refractivity contribution is -0.116. The second-order valence-electron chi connectivity index (χ2n) is 6.98. The minimum atomic E-state index is -0.399. The second-order valence-corrected chi connectivity index (χ2v) is 7.73. The fourth-order valence-electron chi connectivity index (χ4n) is 3.09. The van der Waals surface area contributed by atoms with Crippen molar-refractivity contribution in [3.8, 4) is 17.4 Å². The van der Waals surface area contributed by atoms with Crippen molar-refractivity contribution in [1.82, 2.24) is 24.3 Å². The van der Waals surface area contributed by atoms with Crippen molar-refractivity contribution in [1.29, 1.82) is 0 Å². The zero-order valence-electron chi connectivity index (χ0n) is 17.5. The molecule has 0 fully saturated rings. The Morgan fingerprint density at radius 3 is 2.72 bits per heavy atom. The van der Waals surface area contributed by atoms with Gasteiger partial charge in [-0.2, -0.15) is 5.10 Å². The number of amides is 1. The molecule has 1 N–H and O–H groups in total. The van der Waals surface area contributed by atoms with Crippen LogP contribution in [0.3, 0.4) is 0 Å². The summed E-state index contributed by atoms with van der Waals surface area (Å²) in [5, 5.41) is 7.14. The molecule has 1 amide bonds. The van der Waals surface area contributed by atoms with Crippen LogP contribution in [-0.2, 0) is 18.4 Å². The number of carbonyl (C=O) groups is 1. The normalized spacial score (nSPS) is 10.9. The van der Waals surface area contributed by atoms with Crippen molar-refractivity contribution in [3.63, 3.8) is 0 Å². The Balaban J connectivity index is 1.44. The van der Waals surface area contributed by atoms with Gasteiger partial charge in [0.1, 0.15) is 22.9 Å². The zero-order valence-corrected chi connectivity index (χ0v) is 19.1. The molecular weight excluding hydrogens is 480 g/mol. The number of nitrogens with one attached hydrogen (secondary N) is 1.